The Morgan fingerprint density at radius 3 is 2.54 bits per heavy atom. The van der Waals surface area contributed by atoms with E-state index in [1.807, 2.05) is 0 Å². The highest BCUT2D eigenvalue weighted by Crippen LogP contribution is 2.30. The average molecular weight is 355 g/mol. The van der Waals surface area contributed by atoms with Crippen LogP contribution in [-0.2, 0) is 14.3 Å². The van der Waals surface area contributed by atoms with Crippen LogP contribution in [-0.4, -0.2) is 24.9 Å². The van der Waals surface area contributed by atoms with Gasteiger partial charge >= 0.3 is 11.9 Å². The van der Waals surface area contributed by atoms with Gasteiger partial charge in [0.1, 0.15) is 5.82 Å². The molecule has 0 fully saturated rings. The number of aliphatic imine (C=N–C) groups is 1. The number of ether oxygens (including phenoxy) is 3. The van der Waals surface area contributed by atoms with E-state index in [-0.39, 0.29) is 17.3 Å². The maximum absolute atomic E-state index is 13.0. The normalized spacial score (nSPS) is 14.8. The van der Waals surface area contributed by atoms with E-state index in [0.717, 1.165) is 0 Å². The van der Waals surface area contributed by atoms with E-state index in [1.54, 1.807) is 18.2 Å². The van der Waals surface area contributed by atoms with Crippen LogP contribution in [0.1, 0.15) is 18.1 Å². The van der Waals surface area contributed by atoms with Crippen molar-refractivity contribution in [3.05, 3.63) is 65.1 Å². The van der Waals surface area contributed by atoms with Crippen molar-refractivity contribution in [2.75, 3.05) is 7.11 Å². The summed E-state index contributed by atoms with van der Waals surface area (Å²) in [5.74, 6) is -0.774. The third kappa shape index (κ3) is 3.77. The first kappa shape index (κ1) is 17.3. The third-order valence-electron chi connectivity index (χ3n) is 3.46. The van der Waals surface area contributed by atoms with Crippen LogP contribution in [0.25, 0.3) is 6.08 Å². The summed E-state index contributed by atoms with van der Waals surface area (Å²) in [6, 6.07) is 10.3. The molecule has 0 bridgehead atoms. The smallest absolute Gasteiger partial charge is 0.363 e. The molecule has 0 unspecified atom stereocenters. The number of rotatable bonds is 4. The van der Waals surface area contributed by atoms with E-state index in [4.69, 9.17) is 14.2 Å². The summed E-state index contributed by atoms with van der Waals surface area (Å²) in [6.07, 6.45) is 1.51. The zero-order chi connectivity index (χ0) is 18.7. The molecule has 3 rings (SSSR count). The molecule has 0 aliphatic carbocycles. The molecule has 0 saturated carbocycles. The molecule has 2 aromatic carbocycles. The van der Waals surface area contributed by atoms with Gasteiger partial charge in [0.2, 0.25) is 5.90 Å². The van der Waals surface area contributed by atoms with Crippen molar-refractivity contribution in [2.24, 2.45) is 4.99 Å². The van der Waals surface area contributed by atoms with Crippen molar-refractivity contribution in [2.45, 2.75) is 6.92 Å². The highest BCUT2D eigenvalue weighted by atomic mass is 19.1. The second-order valence-electron chi connectivity index (χ2n) is 5.35. The topological polar surface area (TPSA) is 74.2 Å². The molecular weight excluding hydrogens is 341 g/mol. The maximum atomic E-state index is 13.0. The predicted molar refractivity (Wildman–Crippen MR) is 91.3 cm³/mol. The minimum atomic E-state index is -0.618. The zero-order valence-electron chi connectivity index (χ0n) is 14.0. The number of methoxy groups -OCH3 is 1. The fraction of sp³-hybridized carbons (Fsp3) is 0.105. The first-order valence-corrected chi connectivity index (χ1v) is 7.61. The highest BCUT2D eigenvalue weighted by Gasteiger charge is 2.24. The molecule has 1 heterocycles. The number of nitrogens with zero attached hydrogens (tertiary/aromatic N) is 1. The second-order valence-corrected chi connectivity index (χ2v) is 5.35. The number of cyclic esters (lactones) is 1. The molecule has 0 atom stereocenters. The summed E-state index contributed by atoms with van der Waals surface area (Å²) >= 11 is 0. The molecule has 0 N–H and O–H groups in total. The van der Waals surface area contributed by atoms with Gasteiger partial charge in [-0.1, -0.05) is 6.07 Å². The van der Waals surface area contributed by atoms with Gasteiger partial charge in [-0.25, -0.2) is 14.2 Å². The first-order chi connectivity index (χ1) is 12.5. The summed E-state index contributed by atoms with van der Waals surface area (Å²) in [6.45, 7) is 1.29. The van der Waals surface area contributed by atoms with Crippen molar-refractivity contribution in [1.82, 2.24) is 0 Å². The molecule has 132 valence electrons. The van der Waals surface area contributed by atoms with Gasteiger partial charge in [0.05, 0.1) is 7.11 Å². The lowest BCUT2D eigenvalue weighted by Gasteiger charge is -2.08. The third-order valence-corrected chi connectivity index (χ3v) is 3.46. The fourth-order valence-corrected chi connectivity index (χ4v) is 2.30. The molecule has 26 heavy (non-hydrogen) atoms. The Morgan fingerprint density at radius 1 is 1.15 bits per heavy atom. The number of benzene rings is 2. The molecule has 0 saturated heterocycles. The Hall–Kier alpha value is -3.48. The molecule has 6 nitrogen and oxygen atoms in total. The predicted octanol–water partition coefficient (Wildman–Crippen LogP) is 3.10. The van der Waals surface area contributed by atoms with Crippen molar-refractivity contribution in [3.63, 3.8) is 0 Å². The van der Waals surface area contributed by atoms with E-state index < -0.39 is 17.8 Å². The highest BCUT2D eigenvalue weighted by molar-refractivity contribution is 6.12. The number of hydrogen-bond donors (Lipinski definition) is 0. The summed E-state index contributed by atoms with van der Waals surface area (Å²) < 4.78 is 28.3. The van der Waals surface area contributed by atoms with E-state index in [1.165, 1.54) is 44.4 Å². The number of halogens is 1. The molecule has 0 aromatic heterocycles. The van der Waals surface area contributed by atoms with E-state index in [9.17, 15) is 14.0 Å². The summed E-state index contributed by atoms with van der Waals surface area (Å²) in [7, 11) is 1.44. The van der Waals surface area contributed by atoms with Gasteiger partial charge in [0, 0.05) is 12.5 Å². The molecule has 7 heteroatoms. The fourth-order valence-electron chi connectivity index (χ4n) is 2.30. The Kier molecular flexibility index (Phi) is 4.79. The number of carbonyl (C=O) groups is 2. The maximum Gasteiger partial charge on any atom is 0.363 e. The van der Waals surface area contributed by atoms with E-state index >= 15 is 0 Å². The van der Waals surface area contributed by atoms with Crippen LogP contribution in [0, 0.1) is 5.82 Å². The Labute approximate surface area is 148 Å². The number of hydrogen-bond acceptors (Lipinski definition) is 6. The Morgan fingerprint density at radius 2 is 1.88 bits per heavy atom. The molecule has 0 amide bonds. The van der Waals surface area contributed by atoms with Crippen LogP contribution in [0.5, 0.6) is 11.5 Å². The van der Waals surface area contributed by atoms with Gasteiger partial charge in [0.25, 0.3) is 0 Å². The lowest BCUT2D eigenvalue weighted by molar-refractivity contribution is -0.132. The van der Waals surface area contributed by atoms with Gasteiger partial charge < -0.3 is 14.2 Å². The lowest BCUT2D eigenvalue weighted by atomic mass is 10.1. The number of carbonyl (C=O) groups excluding carboxylic acids is 2. The van der Waals surface area contributed by atoms with Crippen LogP contribution in [0.4, 0.5) is 4.39 Å². The molecular formula is C19H14FNO5. The van der Waals surface area contributed by atoms with Crippen molar-refractivity contribution < 1.29 is 28.2 Å². The van der Waals surface area contributed by atoms with Crippen molar-refractivity contribution in [3.8, 4) is 11.5 Å². The van der Waals surface area contributed by atoms with Crippen molar-refractivity contribution >= 4 is 23.9 Å². The number of esters is 2. The molecule has 1 aliphatic heterocycles. The van der Waals surface area contributed by atoms with Crippen LogP contribution < -0.4 is 9.47 Å². The van der Waals surface area contributed by atoms with E-state index in [2.05, 4.69) is 4.99 Å². The first-order valence-electron chi connectivity index (χ1n) is 7.61. The van der Waals surface area contributed by atoms with E-state index in [0.29, 0.717) is 16.9 Å². The summed E-state index contributed by atoms with van der Waals surface area (Å²) in [5.41, 5.74) is 1.19. The standard InChI is InChI=1S/C19H14FNO5/c1-11(22)25-16-8-3-12(10-17(16)24-2)9-15-19(23)26-18(21-15)13-4-6-14(20)7-5-13/h3-10H,1-2H3/b15-9-. The van der Waals surface area contributed by atoms with Crippen molar-refractivity contribution in [1.29, 1.82) is 0 Å². The molecule has 0 spiro atoms. The Balaban J connectivity index is 1.90. The second kappa shape index (κ2) is 7.18. The van der Waals surface area contributed by atoms with Gasteiger partial charge in [-0.2, -0.15) is 0 Å². The minimum Gasteiger partial charge on any atom is -0.493 e. The van der Waals surface area contributed by atoms with Gasteiger partial charge in [0.15, 0.2) is 17.2 Å². The molecule has 2 aromatic rings. The van der Waals surface area contributed by atoms with Gasteiger partial charge in [-0.3, -0.25) is 4.79 Å². The quantitative estimate of drug-likeness (QED) is 0.479. The monoisotopic (exact) mass is 355 g/mol. The average Bonchev–Trinajstić information content (AvgIpc) is 2.97. The van der Waals surface area contributed by atoms with Crippen LogP contribution in [0.2, 0.25) is 0 Å². The summed E-state index contributed by atoms with van der Waals surface area (Å²) in [4.78, 5) is 27.3. The molecule has 1 aliphatic rings. The van der Waals surface area contributed by atoms with Gasteiger partial charge in [-0.05, 0) is 48.0 Å². The van der Waals surface area contributed by atoms with Crippen LogP contribution >= 0.6 is 0 Å². The van der Waals surface area contributed by atoms with Crippen LogP contribution in [0.3, 0.4) is 0 Å². The minimum absolute atomic E-state index is 0.0895. The largest absolute Gasteiger partial charge is 0.493 e. The van der Waals surface area contributed by atoms with Gasteiger partial charge in [-0.15, -0.1) is 0 Å². The lowest BCUT2D eigenvalue weighted by Crippen LogP contribution is -2.05. The SMILES string of the molecule is COc1cc(/C=C2\N=C(c3ccc(F)cc3)OC2=O)ccc1OC(C)=O. The zero-order valence-corrected chi connectivity index (χ0v) is 14.0. The molecule has 0 radical (unpaired) electrons. The van der Waals surface area contributed by atoms with Crippen LogP contribution in [0.15, 0.2) is 53.2 Å². The Bertz CT molecular complexity index is 931. The summed E-state index contributed by atoms with van der Waals surface area (Å²) in [5, 5.41) is 0.